The van der Waals surface area contributed by atoms with Crippen molar-refractivity contribution < 1.29 is 14.3 Å². The normalized spacial score (nSPS) is 10.9. The van der Waals surface area contributed by atoms with Gasteiger partial charge in [0.1, 0.15) is 0 Å². The summed E-state index contributed by atoms with van der Waals surface area (Å²) in [5.74, 6) is 1.56. The van der Waals surface area contributed by atoms with Gasteiger partial charge in [-0.1, -0.05) is 32.0 Å². The van der Waals surface area contributed by atoms with Crippen LogP contribution in [0.4, 0.5) is 0 Å². The molecule has 0 saturated heterocycles. The monoisotopic (exact) mass is 340 g/mol. The Balaban J connectivity index is 2.03. The lowest BCUT2D eigenvalue weighted by atomic mass is 10.2. The highest BCUT2D eigenvalue weighted by molar-refractivity contribution is 5.94. The van der Waals surface area contributed by atoms with E-state index in [2.05, 4.69) is 24.4 Å². The SMILES string of the molecule is CCOc1cc(/C=N\NC(=O)c2ccccc2)ccc1OCC(C)C. The van der Waals surface area contributed by atoms with E-state index < -0.39 is 0 Å². The first-order valence-electron chi connectivity index (χ1n) is 8.38. The predicted octanol–water partition coefficient (Wildman–Crippen LogP) is 3.88. The summed E-state index contributed by atoms with van der Waals surface area (Å²) < 4.78 is 11.4. The molecular formula is C20H24N2O3. The number of benzene rings is 2. The Kier molecular flexibility index (Phi) is 7.01. The fourth-order valence-electron chi connectivity index (χ4n) is 2.07. The fraction of sp³-hybridized carbons (Fsp3) is 0.300. The lowest BCUT2D eigenvalue weighted by Crippen LogP contribution is -2.17. The summed E-state index contributed by atoms with van der Waals surface area (Å²) >= 11 is 0. The van der Waals surface area contributed by atoms with Gasteiger partial charge in [0.2, 0.25) is 0 Å². The zero-order valence-corrected chi connectivity index (χ0v) is 14.9. The average Bonchev–Trinajstić information content (AvgIpc) is 2.62. The van der Waals surface area contributed by atoms with Crippen LogP contribution in [0.15, 0.2) is 53.6 Å². The molecule has 2 aromatic carbocycles. The largest absolute Gasteiger partial charge is 0.490 e. The van der Waals surface area contributed by atoms with Gasteiger partial charge in [-0.25, -0.2) is 5.43 Å². The van der Waals surface area contributed by atoms with Gasteiger partial charge in [-0.3, -0.25) is 4.79 Å². The molecule has 0 saturated carbocycles. The summed E-state index contributed by atoms with van der Waals surface area (Å²) in [7, 11) is 0. The van der Waals surface area contributed by atoms with Gasteiger partial charge in [-0.05, 0) is 48.7 Å². The zero-order valence-electron chi connectivity index (χ0n) is 14.9. The van der Waals surface area contributed by atoms with Gasteiger partial charge in [0.15, 0.2) is 11.5 Å². The van der Waals surface area contributed by atoms with Crippen molar-refractivity contribution in [1.82, 2.24) is 5.43 Å². The van der Waals surface area contributed by atoms with E-state index in [9.17, 15) is 4.79 Å². The molecule has 1 N–H and O–H groups in total. The van der Waals surface area contributed by atoms with Gasteiger partial charge in [-0.15, -0.1) is 0 Å². The fourth-order valence-corrected chi connectivity index (χ4v) is 2.07. The molecule has 0 radical (unpaired) electrons. The summed E-state index contributed by atoms with van der Waals surface area (Å²) in [6, 6.07) is 14.5. The summed E-state index contributed by atoms with van der Waals surface area (Å²) in [6.45, 7) is 7.28. The molecule has 0 spiro atoms. The van der Waals surface area contributed by atoms with Crippen LogP contribution < -0.4 is 14.9 Å². The number of nitrogens with zero attached hydrogens (tertiary/aromatic N) is 1. The third-order valence-corrected chi connectivity index (χ3v) is 3.26. The number of nitrogens with one attached hydrogen (secondary N) is 1. The van der Waals surface area contributed by atoms with E-state index in [0.717, 1.165) is 5.56 Å². The van der Waals surface area contributed by atoms with Crippen LogP contribution in [0, 0.1) is 5.92 Å². The van der Waals surface area contributed by atoms with Crippen molar-refractivity contribution in [2.24, 2.45) is 11.0 Å². The molecule has 5 heteroatoms. The molecule has 1 amide bonds. The predicted molar refractivity (Wildman–Crippen MR) is 99.4 cm³/mol. The highest BCUT2D eigenvalue weighted by Gasteiger charge is 2.07. The summed E-state index contributed by atoms with van der Waals surface area (Å²) in [6.07, 6.45) is 1.58. The second-order valence-corrected chi connectivity index (χ2v) is 5.91. The third-order valence-electron chi connectivity index (χ3n) is 3.26. The number of hydrazone groups is 1. The standard InChI is InChI=1S/C20H24N2O3/c1-4-24-19-12-16(10-11-18(19)25-14-15(2)3)13-21-22-20(23)17-8-6-5-7-9-17/h5-13,15H,4,14H2,1-3H3,(H,22,23)/b21-13-. The minimum absolute atomic E-state index is 0.251. The number of amides is 1. The summed E-state index contributed by atoms with van der Waals surface area (Å²) in [5.41, 5.74) is 3.89. The molecule has 2 rings (SSSR count). The third kappa shape index (κ3) is 5.95. The van der Waals surface area contributed by atoms with Crippen LogP contribution in [0.1, 0.15) is 36.7 Å². The van der Waals surface area contributed by atoms with Crippen molar-refractivity contribution in [2.75, 3.05) is 13.2 Å². The van der Waals surface area contributed by atoms with Crippen LogP contribution in [0.3, 0.4) is 0 Å². The number of rotatable bonds is 8. The molecule has 0 fully saturated rings. The minimum Gasteiger partial charge on any atom is -0.490 e. The van der Waals surface area contributed by atoms with E-state index in [0.29, 0.717) is 36.2 Å². The number of carbonyl (C=O) groups excluding carboxylic acids is 1. The second kappa shape index (κ2) is 9.47. The molecule has 0 aliphatic heterocycles. The maximum Gasteiger partial charge on any atom is 0.271 e. The highest BCUT2D eigenvalue weighted by Crippen LogP contribution is 2.28. The molecule has 0 aliphatic carbocycles. The van der Waals surface area contributed by atoms with Crippen molar-refractivity contribution >= 4 is 12.1 Å². The first-order valence-corrected chi connectivity index (χ1v) is 8.38. The Morgan fingerprint density at radius 3 is 2.56 bits per heavy atom. The molecule has 0 bridgehead atoms. The quantitative estimate of drug-likeness (QED) is 0.586. The van der Waals surface area contributed by atoms with Crippen molar-refractivity contribution in [3.63, 3.8) is 0 Å². The van der Waals surface area contributed by atoms with Crippen LogP contribution in [0.25, 0.3) is 0 Å². The molecule has 0 atom stereocenters. The van der Waals surface area contributed by atoms with Crippen LogP contribution in [0.5, 0.6) is 11.5 Å². The molecular weight excluding hydrogens is 316 g/mol. The van der Waals surface area contributed by atoms with Gasteiger partial charge in [-0.2, -0.15) is 5.10 Å². The van der Waals surface area contributed by atoms with Gasteiger partial charge in [0.25, 0.3) is 5.91 Å². The van der Waals surface area contributed by atoms with E-state index >= 15 is 0 Å². The number of hydrogen-bond acceptors (Lipinski definition) is 4. The Bertz CT molecular complexity index is 712. The van der Waals surface area contributed by atoms with Crippen molar-refractivity contribution in [1.29, 1.82) is 0 Å². The first kappa shape index (κ1) is 18.5. The van der Waals surface area contributed by atoms with Crippen molar-refractivity contribution in [2.45, 2.75) is 20.8 Å². The van der Waals surface area contributed by atoms with Crippen molar-refractivity contribution in [3.05, 3.63) is 59.7 Å². The van der Waals surface area contributed by atoms with Gasteiger partial charge >= 0.3 is 0 Å². The van der Waals surface area contributed by atoms with E-state index in [-0.39, 0.29) is 5.91 Å². The topological polar surface area (TPSA) is 59.9 Å². The minimum atomic E-state index is -0.251. The number of carbonyl (C=O) groups is 1. The molecule has 25 heavy (non-hydrogen) atoms. The van der Waals surface area contributed by atoms with Crippen LogP contribution in [-0.4, -0.2) is 25.3 Å². The molecule has 2 aromatic rings. The van der Waals surface area contributed by atoms with Crippen molar-refractivity contribution in [3.8, 4) is 11.5 Å². The molecule has 0 aliphatic rings. The molecule has 0 heterocycles. The maximum atomic E-state index is 11.9. The van der Waals surface area contributed by atoms with Crippen LogP contribution in [0.2, 0.25) is 0 Å². The van der Waals surface area contributed by atoms with Gasteiger partial charge in [0.05, 0.1) is 19.4 Å². The van der Waals surface area contributed by atoms with Gasteiger partial charge < -0.3 is 9.47 Å². The second-order valence-electron chi connectivity index (χ2n) is 5.91. The Hall–Kier alpha value is -2.82. The first-order chi connectivity index (χ1) is 12.1. The average molecular weight is 340 g/mol. The highest BCUT2D eigenvalue weighted by atomic mass is 16.5. The lowest BCUT2D eigenvalue weighted by molar-refractivity contribution is 0.0955. The zero-order chi connectivity index (χ0) is 18.1. The van der Waals surface area contributed by atoms with E-state index in [1.54, 1.807) is 18.3 Å². The van der Waals surface area contributed by atoms with Crippen LogP contribution in [-0.2, 0) is 0 Å². The number of hydrogen-bond donors (Lipinski definition) is 1. The van der Waals surface area contributed by atoms with E-state index in [4.69, 9.17) is 9.47 Å². The molecule has 0 unspecified atom stereocenters. The Morgan fingerprint density at radius 2 is 1.88 bits per heavy atom. The molecule has 5 nitrogen and oxygen atoms in total. The lowest BCUT2D eigenvalue weighted by Gasteiger charge is -2.13. The maximum absolute atomic E-state index is 11.9. The number of ether oxygens (including phenoxy) is 2. The van der Waals surface area contributed by atoms with Gasteiger partial charge in [0, 0.05) is 5.56 Å². The molecule has 0 aromatic heterocycles. The van der Waals surface area contributed by atoms with Crippen LogP contribution >= 0.6 is 0 Å². The Labute approximate surface area is 148 Å². The van der Waals surface area contributed by atoms with E-state index in [1.165, 1.54) is 0 Å². The summed E-state index contributed by atoms with van der Waals surface area (Å²) in [5, 5.41) is 4.00. The van der Waals surface area contributed by atoms with E-state index in [1.807, 2.05) is 43.3 Å². The Morgan fingerprint density at radius 1 is 1.12 bits per heavy atom. The summed E-state index contributed by atoms with van der Waals surface area (Å²) in [4.78, 5) is 11.9. The molecule has 132 valence electrons. The smallest absolute Gasteiger partial charge is 0.271 e.